The summed E-state index contributed by atoms with van der Waals surface area (Å²) in [6.45, 7) is 4.08. The topological polar surface area (TPSA) is 49.8 Å². The number of alkyl halides is 3. The number of aryl methyl sites for hydroxylation is 1. The Morgan fingerprint density at radius 1 is 1.43 bits per heavy atom. The number of nitrogens with one attached hydrogen (secondary N) is 1. The fourth-order valence-corrected chi connectivity index (χ4v) is 3.80. The molecule has 1 fully saturated rings. The molecule has 0 spiro atoms. The van der Waals surface area contributed by atoms with E-state index in [1.54, 1.807) is 24.5 Å². The van der Waals surface area contributed by atoms with Gasteiger partial charge in [0.25, 0.3) is 0 Å². The van der Waals surface area contributed by atoms with E-state index >= 15 is 0 Å². The lowest BCUT2D eigenvalue weighted by Crippen LogP contribution is -2.48. The fourth-order valence-electron chi connectivity index (χ4n) is 3.05. The van der Waals surface area contributed by atoms with Crippen molar-refractivity contribution in [1.82, 2.24) is 15.2 Å². The summed E-state index contributed by atoms with van der Waals surface area (Å²) in [4.78, 5) is 10.8. The van der Waals surface area contributed by atoms with Crippen LogP contribution < -0.4 is 5.32 Å². The lowest BCUT2D eigenvalue weighted by Gasteiger charge is -2.35. The van der Waals surface area contributed by atoms with E-state index in [1.165, 1.54) is 6.07 Å². The Morgan fingerprint density at radius 3 is 2.93 bits per heavy atom. The van der Waals surface area contributed by atoms with E-state index in [-0.39, 0.29) is 0 Å². The summed E-state index contributed by atoms with van der Waals surface area (Å²) in [5, 5.41) is 6.39. The molecule has 1 atom stereocenters. The summed E-state index contributed by atoms with van der Waals surface area (Å²) in [6.07, 6.45) is -3.91. The third-order valence-electron chi connectivity index (χ3n) is 4.49. The average Bonchev–Trinajstić information content (AvgIpc) is 3.16. The Labute approximate surface area is 166 Å². The first kappa shape index (κ1) is 20.6. The van der Waals surface area contributed by atoms with E-state index in [0.29, 0.717) is 37.8 Å². The van der Waals surface area contributed by atoms with Crippen molar-refractivity contribution < 1.29 is 17.9 Å². The molecule has 1 aliphatic heterocycles. The lowest BCUT2D eigenvalue weighted by atomic mass is 10.0. The summed E-state index contributed by atoms with van der Waals surface area (Å²) in [5.41, 5.74) is 0.802. The smallest absolute Gasteiger partial charge is 0.370 e. The lowest BCUT2D eigenvalue weighted by molar-refractivity contribution is -0.137. The van der Waals surface area contributed by atoms with Gasteiger partial charge in [-0.1, -0.05) is 19.1 Å². The van der Waals surface area contributed by atoms with E-state index in [4.69, 9.17) is 4.74 Å². The van der Waals surface area contributed by atoms with Gasteiger partial charge in [0.15, 0.2) is 5.96 Å². The van der Waals surface area contributed by atoms with Gasteiger partial charge in [0, 0.05) is 19.0 Å². The van der Waals surface area contributed by atoms with Crippen LogP contribution in [-0.4, -0.2) is 42.6 Å². The van der Waals surface area contributed by atoms with Crippen molar-refractivity contribution in [2.75, 3.05) is 26.7 Å². The summed E-state index contributed by atoms with van der Waals surface area (Å²) in [6, 6.07) is 5.32. The average molecular weight is 412 g/mol. The Balaban J connectivity index is 1.66. The number of nitrogens with zero attached hydrogens (tertiary/aromatic N) is 3. The van der Waals surface area contributed by atoms with Crippen LogP contribution in [-0.2, 0) is 23.9 Å². The van der Waals surface area contributed by atoms with E-state index < -0.39 is 17.8 Å². The molecule has 152 valence electrons. The van der Waals surface area contributed by atoms with Crippen molar-refractivity contribution in [1.29, 1.82) is 0 Å². The van der Waals surface area contributed by atoms with Gasteiger partial charge in [0.05, 0.1) is 36.0 Å². The highest BCUT2D eigenvalue weighted by molar-refractivity contribution is 7.09. The number of morpholine rings is 1. The predicted octanol–water partition coefficient (Wildman–Crippen LogP) is 3.87. The van der Waals surface area contributed by atoms with E-state index in [1.807, 2.05) is 10.3 Å². The first-order valence-corrected chi connectivity index (χ1v) is 9.96. The molecule has 1 N–H and O–H groups in total. The minimum Gasteiger partial charge on any atom is -0.370 e. The molecule has 2 heterocycles. The zero-order valence-electron chi connectivity index (χ0n) is 15.8. The monoisotopic (exact) mass is 412 g/mol. The van der Waals surface area contributed by atoms with Crippen molar-refractivity contribution >= 4 is 17.3 Å². The molecule has 0 aliphatic carbocycles. The zero-order valence-corrected chi connectivity index (χ0v) is 16.6. The molecule has 1 aromatic carbocycles. The second kappa shape index (κ2) is 8.91. The first-order chi connectivity index (χ1) is 13.4. The Morgan fingerprint density at radius 2 is 2.25 bits per heavy atom. The Bertz CT molecular complexity index is 822. The van der Waals surface area contributed by atoms with E-state index in [9.17, 15) is 13.2 Å². The maximum Gasteiger partial charge on any atom is 0.416 e. The number of aromatic nitrogens is 1. The summed E-state index contributed by atoms with van der Waals surface area (Å²) >= 11 is 1.63. The number of aliphatic imine (C=N–C) groups is 1. The molecule has 0 bridgehead atoms. The van der Waals surface area contributed by atoms with Gasteiger partial charge in [0.2, 0.25) is 0 Å². The largest absolute Gasteiger partial charge is 0.416 e. The van der Waals surface area contributed by atoms with Gasteiger partial charge >= 0.3 is 6.18 Å². The van der Waals surface area contributed by atoms with Gasteiger partial charge in [-0.05, 0) is 24.1 Å². The number of hydrogen-bond donors (Lipinski definition) is 1. The molecule has 1 saturated heterocycles. The second-order valence-electron chi connectivity index (χ2n) is 6.42. The van der Waals surface area contributed by atoms with Crippen molar-refractivity contribution in [3.8, 4) is 0 Å². The molecule has 0 saturated carbocycles. The maximum absolute atomic E-state index is 13.0. The molecule has 1 unspecified atom stereocenters. The number of thiazole rings is 1. The molecule has 0 radical (unpaired) electrons. The molecule has 3 rings (SSSR count). The summed E-state index contributed by atoms with van der Waals surface area (Å²) < 4.78 is 44.7. The molecule has 2 aromatic rings. The van der Waals surface area contributed by atoms with Gasteiger partial charge in [-0.15, -0.1) is 11.3 Å². The fraction of sp³-hybridized carbons (Fsp3) is 0.474. The number of rotatable bonds is 4. The van der Waals surface area contributed by atoms with Gasteiger partial charge < -0.3 is 15.0 Å². The minimum absolute atomic E-state index is 0.415. The molecule has 1 aliphatic rings. The van der Waals surface area contributed by atoms with Crippen LogP contribution >= 0.6 is 11.3 Å². The SMILES string of the molecule is CCc1nc(CNC(=NC)N2CCOC(c3cccc(C(F)(F)F)c3)C2)cs1. The maximum atomic E-state index is 13.0. The van der Waals surface area contributed by atoms with Crippen LogP contribution in [0.2, 0.25) is 0 Å². The number of benzene rings is 1. The molecule has 0 amide bonds. The zero-order chi connectivity index (χ0) is 20.1. The predicted molar refractivity (Wildman–Crippen MR) is 103 cm³/mol. The highest BCUT2D eigenvalue weighted by atomic mass is 32.1. The first-order valence-electron chi connectivity index (χ1n) is 9.08. The third kappa shape index (κ3) is 5.02. The van der Waals surface area contributed by atoms with Crippen molar-refractivity contribution in [2.45, 2.75) is 32.2 Å². The normalized spacial score (nSPS) is 18.4. The van der Waals surface area contributed by atoms with E-state index in [0.717, 1.165) is 29.3 Å². The van der Waals surface area contributed by atoms with Gasteiger partial charge in [-0.3, -0.25) is 4.99 Å². The van der Waals surface area contributed by atoms with Crippen LogP contribution in [0.1, 0.15) is 34.9 Å². The molecule has 28 heavy (non-hydrogen) atoms. The molecule has 5 nitrogen and oxygen atoms in total. The molecule has 9 heteroatoms. The van der Waals surface area contributed by atoms with Crippen LogP contribution in [0.3, 0.4) is 0 Å². The third-order valence-corrected chi connectivity index (χ3v) is 5.53. The highest BCUT2D eigenvalue weighted by Crippen LogP contribution is 2.32. The van der Waals surface area contributed by atoms with Crippen LogP contribution in [0.5, 0.6) is 0 Å². The van der Waals surface area contributed by atoms with Crippen molar-refractivity contribution in [3.05, 3.63) is 51.5 Å². The highest BCUT2D eigenvalue weighted by Gasteiger charge is 2.32. The molecular formula is C19H23F3N4OS. The van der Waals surface area contributed by atoms with Crippen LogP contribution in [0.4, 0.5) is 13.2 Å². The minimum atomic E-state index is -4.37. The number of halogens is 3. The summed E-state index contributed by atoms with van der Waals surface area (Å²) in [7, 11) is 1.69. The van der Waals surface area contributed by atoms with Gasteiger partial charge in [-0.25, -0.2) is 4.98 Å². The Hall–Kier alpha value is -2.13. The van der Waals surface area contributed by atoms with Crippen LogP contribution in [0, 0.1) is 0 Å². The van der Waals surface area contributed by atoms with Gasteiger partial charge in [-0.2, -0.15) is 13.2 Å². The second-order valence-corrected chi connectivity index (χ2v) is 7.36. The van der Waals surface area contributed by atoms with Crippen LogP contribution in [0.15, 0.2) is 34.6 Å². The number of ether oxygens (including phenoxy) is 1. The number of guanidine groups is 1. The molecule has 1 aromatic heterocycles. The van der Waals surface area contributed by atoms with Crippen LogP contribution in [0.25, 0.3) is 0 Å². The number of hydrogen-bond acceptors (Lipinski definition) is 4. The Kier molecular flexibility index (Phi) is 6.56. The standard InChI is InChI=1S/C19H23F3N4OS/c1-3-17-25-15(12-28-17)10-24-18(23-2)26-7-8-27-16(11-26)13-5-4-6-14(9-13)19(20,21)22/h4-6,9,12,16H,3,7-8,10-11H2,1-2H3,(H,23,24). The quantitative estimate of drug-likeness (QED) is 0.612. The van der Waals surface area contributed by atoms with Crippen molar-refractivity contribution in [3.63, 3.8) is 0 Å². The van der Waals surface area contributed by atoms with E-state index in [2.05, 4.69) is 22.2 Å². The van der Waals surface area contributed by atoms with Gasteiger partial charge in [0.1, 0.15) is 6.10 Å². The molecular weight excluding hydrogens is 389 g/mol. The van der Waals surface area contributed by atoms with Crippen molar-refractivity contribution in [2.24, 2.45) is 4.99 Å². The summed E-state index contributed by atoms with van der Waals surface area (Å²) in [5.74, 6) is 0.686.